The highest BCUT2D eigenvalue weighted by atomic mass is 16.6. The minimum Gasteiger partial charge on any atom is -0.378 e. The minimum atomic E-state index is -0.220. The molecule has 2 aliphatic rings. The van der Waals surface area contributed by atoms with Gasteiger partial charge in [0.25, 0.3) is 0 Å². The van der Waals surface area contributed by atoms with Crippen molar-refractivity contribution in [2.24, 2.45) is 5.92 Å². The molecule has 1 aromatic heterocycles. The summed E-state index contributed by atoms with van der Waals surface area (Å²) < 4.78 is 11.3. The van der Waals surface area contributed by atoms with E-state index in [1.165, 1.54) is 0 Å². The van der Waals surface area contributed by atoms with E-state index in [1.54, 1.807) is 0 Å². The highest BCUT2D eigenvalue weighted by Crippen LogP contribution is 2.36. The molecule has 2 saturated heterocycles. The van der Waals surface area contributed by atoms with Crippen molar-refractivity contribution < 1.29 is 14.3 Å². The largest absolute Gasteiger partial charge is 0.378 e. The van der Waals surface area contributed by atoms with Crippen molar-refractivity contribution in [1.82, 2.24) is 4.98 Å². The summed E-state index contributed by atoms with van der Waals surface area (Å²) in [4.78, 5) is 16.9. The zero-order chi connectivity index (χ0) is 13.3. The van der Waals surface area contributed by atoms with Gasteiger partial charge in [0.2, 0.25) is 0 Å². The number of nitrogens with zero attached hydrogens (tertiary/aromatic N) is 1. The third kappa shape index (κ3) is 2.55. The first-order chi connectivity index (χ1) is 9.19. The smallest absolute Gasteiger partial charge is 0.184 e. The van der Waals surface area contributed by atoms with Crippen LogP contribution in [-0.4, -0.2) is 36.2 Å². The van der Waals surface area contributed by atoms with Crippen LogP contribution in [0.5, 0.6) is 0 Å². The van der Waals surface area contributed by atoms with Crippen molar-refractivity contribution in [2.75, 3.05) is 19.8 Å². The normalized spacial score (nSPS) is 30.7. The molecule has 0 radical (unpaired) electrons. The van der Waals surface area contributed by atoms with Crippen LogP contribution in [0, 0.1) is 12.8 Å². The van der Waals surface area contributed by atoms with Gasteiger partial charge in [-0.3, -0.25) is 9.78 Å². The van der Waals surface area contributed by atoms with Crippen LogP contribution >= 0.6 is 0 Å². The highest BCUT2D eigenvalue weighted by molar-refractivity contribution is 5.96. The predicted octanol–water partition coefficient (Wildman–Crippen LogP) is 2.16. The minimum absolute atomic E-state index is 0.0183. The summed E-state index contributed by atoms with van der Waals surface area (Å²) in [5.41, 5.74) is 1.25. The van der Waals surface area contributed by atoms with Gasteiger partial charge in [0, 0.05) is 31.2 Å². The fourth-order valence-electron chi connectivity index (χ4n) is 3.00. The van der Waals surface area contributed by atoms with Crippen LogP contribution in [0.1, 0.15) is 35.4 Å². The van der Waals surface area contributed by atoms with Crippen LogP contribution in [0.15, 0.2) is 18.2 Å². The van der Waals surface area contributed by atoms with Gasteiger partial charge in [-0.15, -0.1) is 0 Å². The third-order valence-electron chi connectivity index (χ3n) is 4.07. The van der Waals surface area contributed by atoms with Gasteiger partial charge in [0.05, 0.1) is 12.2 Å². The van der Waals surface area contributed by atoms with Crippen LogP contribution < -0.4 is 0 Å². The van der Waals surface area contributed by atoms with E-state index in [1.807, 2.05) is 25.1 Å². The topological polar surface area (TPSA) is 48.4 Å². The molecule has 0 aliphatic carbocycles. The van der Waals surface area contributed by atoms with Crippen molar-refractivity contribution in [3.63, 3.8) is 0 Å². The molecule has 2 fully saturated rings. The second kappa shape index (κ2) is 5.02. The number of carbonyl (C=O) groups excluding carboxylic acids is 1. The summed E-state index contributed by atoms with van der Waals surface area (Å²) in [6.45, 7) is 3.92. The maximum absolute atomic E-state index is 12.5. The Kier molecular flexibility index (Phi) is 3.37. The molecule has 2 unspecified atom stereocenters. The molecular weight excluding hydrogens is 242 g/mol. The summed E-state index contributed by atoms with van der Waals surface area (Å²) in [6.07, 6.45) is 2.45. The Hall–Kier alpha value is -1.26. The number of aryl methyl sites for hydroxylation is 1. The summed E-state index contributed by atoms with van der Waals surface area (Å²) in [7, 11) is 0. The van der Waals surface area contributed by atoms with E-state index in [2.05, 4.69) is 4.98 Å². The van der Waals surface area contributed by atoms with E-state index in [-0.39, 0.29) is 17.3 Å². The van der Waals surface area contributed by atoms with Gasteiger partial charge in [-0.25, -0.2) is 0 Å². The van der Waals surface area contributed by atoms with Crippen molar-refractivity contribution in [3.8, 4) is 0 Å². The van der Waals surface area contributed by atoms with Gasteiger partial charge < -0.3 is 9.47 Å². The van der Waals surface area contributed by atoms with Crippen LogP contribution in [0.2, 0.25) is 0 Å². The van der Waals surface area contributed by atoms with E-state index in [0.717, 1.165) is 31.6 Å². The van der Waals surface area contributed by atoms with Crippen LogP contribution in [0.3, 0.4) is 0 Å². The summed E-state index contributed by atoms with van der Waals surface area (Å²) in [5, 5.41) is 0. The maximum Gasteiger partial charge on any atom is 0.184 e. The number of Topliss-reactive ketones (excluding diaryl/α,β-unsaturated/α-hetero) is 1. The standard InChI is InChI=1S/C15H19NO3/c1-11-3-2-4-13(16-11)14(17)12-5-7-19-15(9-12)6-8-18-10-15/h2-4,12H,5-10H2,1H3. The lowest BCUT2D eigenvalue weighted by molar-refractivity contribution is -0.0921. The van der Waals surface area contributed by atoms with Gasteiger partial charge >= 0.3 is 0 Å². The molecule has 19 heavy (non-hydrogen) atoms. The molecule has 0 bridgehead atoms. The second-order valence-corrected chi connectivity index (χ2v) is 5.55. The summed E-state index contributed by atoms with van der Waals surface area (Å²) in [6, 6.07) is 5.61. The molecule has 0 aromatic carbocycles. The number of hydrogen-bond acceptors (Lipinski definition) is 4. The lowest BCUT2D eigenvalue weighted by atomic mass is 9.82. The van der Waals surface area contributed by atoms with E-state index in [4.69, 9.17) is 9.47 Å². The molecule has 1 spiro atoms. The molecule has 0 saturated carbocycles. The van der Waals surface area contributed by atoms with Crippen LogP contribution in [0.25, 0.3) is 0 Å². The average Bonchev–Trinajstić information content (AvgIpc) is 2.86. The fourth-order valence-corrected chi connectivity index (χ4v) is 3.00. The van der Waals surface area contributed by atoms with Gasteiger partial charge in [-0.2, -0.15) is 0 Å². The van der Waals surface area contributed by atoms with Gasteiger partial charge in [-0.05, 0) is 31.9 Å². The fraction of sp³-hybridized carbons (Fsp3) is 0.600. The maximum atomic E-state index is 12.5. The molecule has 1 aromatic rings. The van der Waals surface area contributed by atoms with Crippen molar-refractivity contribution in [3.05, 3.63) is 29.6 Å². The summed E-state index contributed by atoms with van der Waals surface area (Å²) >= 11 is 0. The first-order valence-electron chi connectivity index (χ1n) is 6.88. The average molecular weight is 261 g/mol. The number of ketones is 1. The Morgan fingerprint density at radius 3 is 3.05 bits per heavy atom. The molecule has 102 valence electrons. The Labute approximate surface area is 113 Å². The number of pyridine rings is 1. The van der Waals surface area contributed by atoms with Crippen molar-refractivity contribution in [2.45, 2.75) is 31.8 Å². The monoisotopic (exact) mass is 261 g/mol. The quantitative estimate of drug-likeness (QED) is 0.765. The van der Waals surface area contributed by atoms with Crippen LogP contribution in [-0.2, 0) is 9.47 Å². The number of hydrogen-bond donors (Lipinski definition) is 0. The van der Waals surface area contributed by atoms with Crippen LogP contribution in [0.4, 0.5) is 0 Å². The van der Waals surface area contributed by atoms with E-state index < -0.39 is 0 Å². The van der Waals surface area contributed by atoms with Gasteiger partial charge in [-0.1, -0.05) is 6.07 Å². The molecule has 0 amide bonds. The predicted molar refractivity (Wildman–Crippen MR) is 70.1 cm³/mol. The molecule has 3 rings (SSSR count). The van der Waals surface area contributed by atoms with Gasteiger partial charge in [0.1, 0.15) is 5.69 Å². The third-order valence-corrected chi connectivity index (χ3v) is 4.07. The molecule has 3 heterocycles. The van der Waals surface area contributed by atoms with E-state index in [9.17, 15) is 4.79 Å². The highest BCUT2D eigenvalue weighted by Gasteiger charge is 2.43. The summed E-state index contributed by atoms with van der Waals surface area (Å²) in [5.74, 6) is 0.169. The number of carbonyl (C=O) groups is 1. The van der Waals surface area contributed by atoms with E-state index in [0.29, 0.717) is 18.9 Å². The Bertz CT molecular complexity index is 480. The lowest BCUT2D eigenvalue weighted by Gasteiger charge is -2.36. The molecule has 4 nitrogen and oxygen atoms in total. The number of ether oxygens (including phenoxy) is 2. The zero-order valence-electron chi connectivity index (χ0n) is 11.2. The Balaban J connectivity index is 1.76. The lowest BCUT2D eigenvalue weighted by Crippen LogP contribution is -2.42. The molecule has 2 aliphatic heterocycles. The van der Waals surface area contributed by atoms with E-state index >= 15 is 0 Å². The molecule has 2 atom stereocenters. The Morgan fingerprint density at radius 2 is 2.32 bits per heavy atom. The molecule has 4 heteroatoms. The second-order valence-electron chi connectivity index (χ2n) is 5.55. The molecular formula is C15H19NO3. The number of aromatic nitrogens is 1. The number of rotatable bonds is 2. The first-order valence-corrected chi connectivity index (χ1v) is 6.88. The van der Waals surface area contributed by atoms with Crippen molar-refractivity contribution >= 4 is 5.78 Å². The first kappa shape index (κ1) is 12.8. The Morgan fingerprint density at radius 1 is 1.42 bits per heavy atom. The zero-order valence-corrected chi connectivity index (χ0v) is 11.2. The van der Waals surface area contributed by atoms with Crippen molar-refractivity contribution in [1.29, 1.82) is 0 Å². The molecule has 0 N–H and O–H groups in total. The van der Waals surface area contributed by atoms with Gasteiger partial charge in [0.15, 0.2) is 5.78 Å². The SMILES string of the molecule is Cc1cccc(C(=O)C2CCOC3(CCOC3)C2)n1.